The van der Waals surface area contributed by atoms with E-state index < -0.39 is 0 Å². The van der Waals surface area contributed by atoms with E-state index in [1.54, 1.807) is 0 Å². The van der Waals surface area contributed by atoms with Crippen molar-refractivity contribution in [3.05, 3.63) is 74.7 Å². The molecule has 1 aliphatic heterocycles. The number of hydrogen-bond donors (Lipinski definition) is 3. The van der Waals surface area contributed by atoms with Crippen molar-refractivity contribution in [2.45, 2.75) is 77.4 Å². The van der Waals surface area contributed by atoms with Crippen molar-refractivity contribution in [2.75, 3.05) is 18.5 Å². The standard InChI is InChI=1S/C28H38N4O2/c1-4-32(22-15-13-21(29-3)14-16-22)26-12-8-11-24-23(26)10-7-5-6-9-20-17-19(2)31-28(34)25(20)18-30-27(24)33/h5,7-8,11-12,17,21-22,29H,4,6,9-10,13-16,18H2,1-3H3,(H,30,33)(H,31,34)/b7-5+/t21-,22-. The van der Waals surface area contributed by atoms with Crippen LogP contribution in [-0.4, -0.2) is 36.6 Å². The first-order valence-electron chi connectivity index (χ1n) is 12.7. The second kappa shape index (κ2) is 11.0. The number of aromatic nitrogens is 1. The third kappa shape index (κ3) is 5.27. The molecule has 0 radical (unpaired) electrons. The highest BCUT2D eigenvalue weighted by Crippen LogP contribution is 2.32. The van der Waals surface area contributed by atoms with E-state index in [1.807, 2.05) is 25.1 Å². The number of aryl methyl sites for hydroxylation is 2. The molecular weight excluding hydrogens is 424 g/mol. The van der Waals surface area contributed by atoms with Gasteiger partial charge in [-0.25, -0.2) is 0 Å². The summed E-state index contributed by atoms with van der Waals surface area (Å²) in [4.78, 5) is 31.4. The van der Waals surface area contributed by atoms with Gasteiger partial charge in [0.1, 0.15) is 0 Å². The van der Waals surface area contributed by atoms with E-state index in [0.29, 0.717) is 23.2 Å². The SMILES string of the molecule is CCN(c1cccc2c1C/C=C/CCc1cc(C)[nH]c(=O)c1CNC2=O)[C@H]1CC[C@H](NC)CC1. The number of carbonyl (C=O) groups excluding carboxylic acids is 1. The molecule has 1 aliphatic carbocycles. The van der Waals surface area contributed by atoms with Crippen LogP contribution in [0.15, 0.2) is 41.2 Å². The summed E-state index contributed by atoms with van der Waals surface area (Å²) in [7, 11) is 2.05. The number of carbonyl (C=O) groups is 1. The average molecular weight is 463 g/mol. The summed E-state index contributed by atoms with van der Waals surface area (Å²) >= 11 is 0. The van der Waals surface area contributed by atoms with Crippen molar-refractivity contribution in [2.24, 2.45) is 0 Å². The maximum atomic E-state index is 13.4. The Morgan fingerprint density at radius 3 is 2.62 bits per heavy atom. The van der Waals surface area contributed by atoms with E-state index in [-0.39, 0.29) is 18.0 Å². The highest BCUT2D eigenvalue weighted by molar-refractivity contribution is 5.97. The first-order chi connectivity index (χ1) is 16.5. The van der Waals surface area contributed by atoms with Gasteiger partial charge in [-0.1, -0.05) is 18.2 Å². The Hall–Kier alpha value is -2.86. The van der Waals surface area contributed by atoms with Crippen LogP contribution < -0.4 is 21.1 Å². The zero-order valence-electron chi connectivity index (χ0n) is 20.7. The fourth-order valence-electron chi connectivity index (χ4n) is 5.60. The van der Waals surface area contributed by atoms with Gasteiger partial charge in [0, 0.05) is 47.7 Å². The van der Waals surface area contributed by atoms with Gasteiger partial charge in [-0.3, -0.25) is 9.59 Å². The molecule has 3 N–H and O–H groups in total. The van der Waals surface area contributed by atoms with Crippen molar-refractivity contribution < 1.29 is 4.79 Å². The third-order valence-corrected chi connectivity index (χ3v) is 7.45. The van der Waals surface area contributed by atoms with E-state index in [4.69, 9.17) is 0 Å². The van der Waals surface area contributed by atoms with E-state index in [2.05, 4.69) is 52.7 Å². The van der Waals surface area contributed by atoms with Crippen LogP contribution in [0, 0.1) is 6.92 Å². The molecule has 6 nitrogen and oxygen atoms in total. The first kappa shape index (κ1) is 24.3. The molecule has 1 amide bonds. The van der Waals surface area contributed by atoms with Crippen molar-refractivity contribution >= 4 is 11.6 Å². The molecule has 0 unspecified atom stereocenters. The van der Waals surface area contributed by atoms with Gasteiger partial charge >= 0.3 is 0 Å². The number of nitrogens with one attached hydrogen (secondary N) is 3. The Kier molecular flexibility index (Phi) is 7.88. The van der Waals surface area contributed by atoms with Crippen LogP contribution in [0.1, 0.15) is 71.8 Å². The normalized spacial score (nSPS) is 21.9. The summed E-state index contributed by atoms with van der Waals surface area (Å²) in [5.41, 5.74) is 5.35. The number of H-pyrrole nitrogens is 1. The molecular formula is C28H38N4O2. The number of allylic oxidation sites excluding steroid dienone is 2. The van der Waals surface area contributed by atoms with Crippen LogP contribution in [0.5, 0.6) is 0 Å². The highest BCUT2D eigenvalue weighted by atomic mass is 16.1. The summed E-state index contributed by atoms with van der Waals surface area (Å²) in [5.74, 6) is -0.119. The molecule has 0 bridgehead atoms. The second-order valence-electron chi connectivity index (χ2n) is 9.57. The number of aromatic amines is 1. The van der Waals surface area contributed by atoms with Crippen LogP contribution in [-0.2, 0) is 19.4 Å². The van der Waals surface area contributed by atoms with Gasteiger partial charge in [-0.05, 0) is 95.2 Å². The molecule has 34 heavy (non-hydrogen) atoms. The Bertz CT molecular complexity index is 1100. The number of amides is 1. The molecule has 1 aromatic carbocycles. The van der Waals surface area contributed by atoms with Crippen LogP contribution in [0.3, 0.4) is 0 Å². The van der Waals surface area contributed by atoms with Crippen LogP contribution >= 0.6 is 0 Å². The van der Waals surface area contributed by atoms with Gasteiger partial charge in [0.05, 0.1) is 0 Å². The predicted molar refractivity (Wildman–Crippen MR) is 139 cm³/mol. The minimum absolute atomic E-state index is 0.111. The monoisotopic (exact) mass is 462 g/mol. The third-order valence-electron chi connectivity index (χ3n) is 7.45. The zero-order valence-corrected chi connectivity index (χ0v) is 20.7. The summed E-state index contributed by atoms with van der Waals surface area (Å²) in [6, 6.07) is 9.20. The average Bonchev–Trinajstić information content (AvgIpc) is 2.83. The lowest BCUT2D eigenvalue weighted by Crippen LogP contribution is -2.42. The minimum atomic E-state index is -0.119. The molecule has 1 aromatic heterocycles. The number of anilines is 1. The molecule has 182 valence electrons. The van der Waals surface area contributed by atoms with Crippen molar-refractivity contribution in [3.8, 4) is 0 Å². The van der Waals surface area contributed by atoms with Crippen molar-refractivity contribution in [3.63, 3.8) is 0 Å². The van der Waals surface area contributed by atoms with E-state index in [1.165, 1.54) is 18.5 Å². The lowest BCUT2D eigenvalue weighted by molar-refractivity contribution is 0.0950. The summed E-state index contributed by atoms with van der Waals surface area (Å²) in [6.45, 7) is 5.26. The summed E-state index contributed by atoms with van der Waals surface area (Å²) in [5, 5.41) is 6.47. The van der Waals surface area contributed by atoms with Gasteiger partial charge in [0.25, 0.3) is 11.5 Å². The first-order valence-corrected chi connectivity index (χ1v) is 12.7. The van der Waals surface area contributed by atoms with Crippen molar-refractivity contribution in [1.82, 2.24) is 15.6 Å². The Morgan fingerprint density at radius 2 is 1.88 bits per heavy atom. The number of rotatable bonds is 4. The number of pyridine rings is 1. The van der Waals surface area contributed by atoms with Gasteiger partial charge in [0.15, 0.2) is 0 Å². The molecule has 2 aromatic rings. The Morgan fingerprint density at radius 1 is 1.09 bits per heavy atom. The summed E-state index contributed by atoms with van der Waals surface area (Å²) < 4.78 is 0. The molecule has 4 rings (SSSR count). The topological polar surface area (TPSA) is 77.2 Å². The molecule has 1 saturated carbocycles. The number of hydrogen-bond acceptors (Lipinski definition) is 4. The zero-order chi connectivity index (χ0) is 24.1. The van der Waals surface area contributed by atoms with E-state index in [9.17, 15) is 9.59 Å². The predicted octanol–water partition coefficient (Wildman–Crippen LogP) is 4.02. The van der Waals surface area contributed by atoms with E-state index >= 15 is 0 Å². The van der Waals surface area contributed by atoms with Gasteiger partial charge in [-0.15, -0.1) is 0 Å². The fraction of sp³-hybridized carbons (Fsp3) is 0.500. The van der Waals surface area contributed by atoms with E-state index in [0.717, 1.165) is 55.5 Å². The molecule has 0 spiro atoms. The largest absolute Gasteiger partial charge is 0.369 e. The second-order valence-corrected chi connectivity index (χ2v) is 9.57. The van der Waals surface area contributed by atoms with Gasteiger partial charge in [0.2, 0.25) is 0 Å². The molecule has 2 aliphatic rings. The highest BCUT2D eigenvalue weighted by Gasteiger charge is 2.27. The molecule has 2 heterocycles. The van der Waals surface area contributed by atoms with Gasteiger partial charge in [-0.2, -0.15) is 0 Å². The minimum Gasteiger partial charge on any atom is -0.369 e. The van der Waals surface area contributed by atoms with Crippen LogP contribution in [0.25, 0.3) is 0 Å². The summed E-state index contributed by atoms with van der Waals surface area (Å²) in [6.07, 6.45) is 11.4. The quantitative estimate of drug-likeness (QED) is 0.600. The van der Waals surface area contributed by atoms with Crippen molar-refractivity contribution in [1.29, 1.82) is 0 Å². The molecule has 0 atom stereocenters. The lowest BCUT2D eigenvalue weighted by atomic mass is 9.89. The molecule has 6 heteroatoms. The Balaban J connectivity index is 1.66. The maximum Gasteiger partial charge on any atom is 0.253 e. The van der Waals surface area contributed by atoms with Crippen LogP contribution in [0.4, 0.5) is 5.69 Å². The lowest BCUT2D eigenvalue weighted by Gasteiger charge is -2.39. The Labute approximate surface area is 202 Å². The molecule has 0 saturated heterocycles. The number of benzene rings is 1. The van der Waals surface area contributed by atoms with Gasteiger partial charge < -0.3 is 20.5 Å². The number of fused-ring (bicyclic) bond motifs is 2. The smallest absolute Gasteiger partial charge is 0.253 e. The maximum absolute atomic E-state index is 13.4. The van der Waals surface area contributed by atoms with Crippen LogP contribution in [0.2, 0.25) is 0 Å². The fourth-order valence-corrected chi connectivity index (χ4v) is 5.60. The number of nitrogens with zero attached hydrogens (tertiary/aromatic N) is 1. The molecule has 1 fully saturated rings.